The molecule has 1 heterocycles. The number of aromatic amines is 1. The zero-order valence-corrected chi connectivity index (χ0v) is 16.7. The molecule has 1 atom stereocenters. The van der Waals surface area contributed by atoms with Crippen LogP contribution >= 0.6 is 0 Å². The number of esters is 2. The van der Waals surface area contributed by atoms with Gasteiger partial charge in [-0.1, -0.05) is 12.1 Å². The van der Waals surface area contributed by atoms with Crippen LogP contribution in [0.5, 0.6) is 0 Å². The van der Waals surface area contributed by atoms with E-state index in [0.29, 0.717) is 22.4 Å². The lowest BCUT2D eigenvalue weighted by molar-refractivity contribution is -0.140. The Morgan fingerprint density at radius 2 is 1.86 bits per heavy atom. The number of hydrogen-bond acceptors (Lipinski definition) is 6. The molecule has 0 radical (unpaired) electrons. The lowest BCUT2D eigenvalue weighted by Crippen LogP contribution is -2.24. The van der Waals surface area contributed by atoms with E-state index in [1.165, 1.54) is 19.1 Å². The summed E-state index contributed by atoms with van der Waals surface area (Å²) in [6.07, 6.45) is 1.70. The zero-order valence-electron chi connectivity index (χ0n) is 16.7. The summed E-state index contributed by atoms with van der Waals surface area (Å²) in [4.78, 5) is 39.7. The summed E-state index contributed by atoms with van der Waals surface area (Å²) in [5.41, 5.74) is 2.74. The Hall–Kier alpha value is -3.66. The summed E-state index contributed by atoms with van der Waals surface area (Å²) in [6, 6.07) is 8.67. The average molecular weight is 394 g/mol. The fourth-order valence-electron chi connectivity index (χ4n) is 2.81. The van der Waals surface area contributed by atoms with E-state index in [1.807, 2.05) is 6.07 Å². The van der Waals surface area contributed by atoms with E-state index in [2.05, 4.69) is 4.98 Å². The van der Waals surface area contributed by atoms with Gasteiger partial charge in [0, 0.05) is 11.8 Å². The highest BCUT2D eigenvalue weighted by molar-refractivity contribution is 6.04. The molecule has 0 bridgehead atoms. The lowest BCUT2D eigenvalue weighted by Gasteiger charge is -2.10. The molecule has 0 saturated heterocycles. The lowest BCUT2D eigenvalue weighted by atomic mass is 10.1. The summed E-state index contributed by atoms with van der Waals surface area (Å²) in [5.74, 6) is -1.63. The van der Waals surface area contributed by atoms with E-state index < -0.39 is 23.8 Å². The first-order valence-electron chi connectivity index (χ1n) is 9.07. The number of ketones is 1. The van der Waals surface area contributed by atoms with Gasteiger partial charge in [-0.2, -0.15) is 5.26 Å². The number of carbonyl (C=O) groups excluding carboxylic acids is 3. The Bertz CT molecular complexity index is 993. The van der Waals surface area contributed by atoms with Crippen molar-refractivity contribution >= 4 is 23.8 Å². The van der Waals surface area contributed by atoms with E-state index in [4.69, 9.17) is 14.7 Å². The second-order valence-electron chi connectivity index (χ2n) is 6.36. The molecule has 1 aromatic heterocycles. The van der Waals surface area contributed by atoms with Crippen LogP contribution < -0.4 is 0 Å². The fraction of sp³-hybridized carbons (Fsp3) is 0.273. The standard InChI is InChI=1S/C22H22N2O5/c1-5-28-22(27)19-13(2)20(24-14(19)3)21(26)15(4)29-18(25)11-10-16-6-8-17(12-23)9-7-16/h6-11,15,24H,5H2,1-4H3/b11-10+/t15-/m1/s1. The number of aromatic nitrogens is 1. The van der Waals surface area contributed by atoms with Crippen LogP contribution in [0, 0.1) is 25.2 Å². The highest BCUT2D eigenvalue weighted by atomic mass is 16.5. The van der Waals surface area contributed by atoms with Gasteiger partial charge in [0.2, 0.25) is 5.78 Å². The van der Waals surface area contributed by atoms with Crippen molar-refractivity contribution in [1.82, 2.24) is 4.98 Å². The largest absolute Gasteiger partial charge is 0.462 e. The van der Waals surface area contributed by atoms with Crippen molar-refractivity contribution in [2.24, 2.45) is 0 Å². The van der Waals surface area contributed by atoms with E-state index in [0.717, 1.165) is 5.56 Å². The van der Waals surface area contributed by atoms with Gasteiger partial charge in [-0.05, 0) is 57.0 Å². The molecule has 0 spiro atoms. The van der Waals surface area contributed by atoms with Crippen LogP contribution in [0.4, 0.5) is 0 Å². The van der Waals surface area contributed by atoms with Gasteiger partial charge < -0.3 is 14.5 Å². The number of carbonyl (C=O) groups is 3. The number of rotatable bonds is 7. The Labute approximate surface area is 168 Å². The van der Waals surface area contributed by atoms with Gasteiger partial charge in [-0.25, -0.2) is 9.59 Å². The third-order valence-corrected chi connectivity index (χ3v) is 4.28. The van der Waals surface area contributed by atoms with Gasteiger partial charge in [0.1, 0.15) is 0 Å². The first-order valence-corrected chi connectivity index (χ1v) is 9.07. The number of nitrogens with one attached hydrogen (secondary N) is 1. The number of H-pyrrole nitrogens is 1. The number of hydrogen-bond donors (Lipinski definition) is 1. The second kappa shape index (κ2) is 9.51. The Balaban J connectivity index is 2.07. The quantitative estimate of drug-likeness (QED) is 0.437. The number of nitriles is 1. The van der Waals surface area contributed by atoms with Crippen molar-refractivity contribution in [3.05, 3.63) is 64.0 Å². The molecule has 0 amide bonds. The molecule has 7 heteroatoms. The fourth-order valence-corrected chi connectivity index (χ4v) is 2.81. The highest BCUT2D eigenvalue weighted by Gasteiger charge is 2.27. The normalized spacial score (nSPS) is 11.7. The van der Waals surface area contributed by atoms with Crippen molar-refractivity contribution < 1.29 is 23.9 Å². The minimum Gasteiger partial charge on any atom is -0.462 e. The van der Waals surface area contributed by atoms with Crippen molar-refractivity contribution in [3.8, 4) is 6.07 Å². The molecule has 2 rings (SSSR count). The summed E-state index contributed by atoms with van der Waals surface area (Å²) in [7, 11) is 0. The molecule has 0 unspecified atom stereocenters. The smallest absolute Gasteiger partial charge is 0.340 e. The number of nitrogens with zero attached hydrogens (tertiary/aromatic N) is 1. The Morgan fingerprint density at radius 1 is 1.21 bits per heavy atom. The molecule has 0 saturated carbocycles. The zero-order chi connectivity index (χ0) is 21.6. The first-order chi connectivity index (χ1) is 13.8. The van der Waals surface area contributed by atoms with E-state index in [-0.39, 0.29) is 12.3 Å². The van der Waals surface area contributed by atoms with Gasteiger partial charge in [0.15, 0.2) is 6.10 Å². The third-order valence-electron chi connectivity index (χ3n) is 4.28. The molecule has 0 aliphatic rings. The van der Waals surface area contributed by atoms with E-state index in [1.54, 1.807) is 45.0 Å². The van der Waals surface area contributed by atoms with E-state index >= 15 is 0 Å². The predicted octanol–water partition coefficient (Wildman–Crippen LogP) is 3.51. The van der Waals surface area contributed by atoms with Crippen LogP contribution in [-0.2, 0) is 14.3 Å². The molecule has 2 aromatic rings. The number of Topliss-reactive ketones (excluding diaryl/α,β-unsaturated/α-hetero) is 1. The summed E-state index contributed by atoms with van der Waals surface area (Å²) >= 11 is 0. The highest BCUT2D eigenvalue weighted by Crippen LogP contribution is 2.21. The van der Waals surface area contributed by atoms with Crippen LogP contribution in [0.15, 0.2) is 30.3 Å². The Morgan fingerprint density at radius 3 is 2.45 bits per heavy atom. The molecular formula is C22H22N2O5. The summed E-state index contributed by atoms with van der Waals surface area (Å²) in [6.45, 7) is 6.71. The number of ether oxygens (including phenoxy) is 2. The molecule has 0 fully saturated rings. The maximum Gasteiger partial charge on any atom is 0.340 e. The maximum absolute atomic E-state index is 12.7. The summed E-state index contributed by atoms with van der Waals surface area (Å²) in [5, 5.41) is 8.78. The predicted molar refractivity (Wildman–Crippen MR) is 106 cm³/mol. The summed E-state index contributed by atoms with van der Waals surface area (Å²) < 4.78 is 10.2. The number of benzene rings is 1. The van der Waals surface area contributed by atoms with Gasteiger partial charge in [0.25, 0.3) is 0 Å². The molecule has 7 nitrogen and oxygen atoms in total. The maximum atomic E-state index is 12.7. The van der Waals surface area contributed by atoms with Crippen LogP contribution in [-0.4, -0.2) is 35.4 Å². The van der Waals surface area contributed by atoms with Gasteiger partial charge in [-0.3, -0.25) is 4.79 Å². The SMILES string of the molecule is CCOC(=O)c1c(C)[nH]c(C(=O)[C@@H](C)OC(=O)/C=C/c2ccc(C#N)cc2)c1C. The van der Waals surface area contributed by atoms with Crippen molar-refractivity contribution in [1.29, 1.82) is 5.26 Å². The molecule has 1 aromatic carbocycles. The first kappa shape index (κ1) is 21.6. The third kappa shape index (κ3) is 5.20. The topological polar surface area (TPSA) is 109 Å². The van der Waals surface area contributed by atoms with Crippen molar-refractivity contribution in [3.63, 3.8) is 0 Å². The van der Waals surface area contributed by atoms with Crippen LogP contribution in [0.3, 0.4) is 0 Å². The monoisotopic (exact) mass is 394 g/mol. The van der Waals surface area contributed by atoms with Gasteiger partial charge >= 0.3 is 11.9 Å². The minimum atomic E-state index is -1.04. The molecular weight excluding hydrogens is 372 g/mol. The van der Waals surface area contributed by atoms with Crippen LogP contribution in [0.1, 0.15) is 57.1 Å². The number of aryl methyl sites for hydroxylation is 1. The molecule has 0 aliphatic carbocycles. The van der Waals surface area contributed by atoms with Gasteiger partial charge in [-0.15, -0.1) is 0 Å². The Kier molecular flexibility index (Phi) is 7.10. The van der Waals surface area contributed by atoms with Gasteiger partial charge in [0.05, 0.1) is 29.5 Å². The van der Waals surface area contributed by atoms with E-state index in [9.17, 15) is 14.4 Å². The molecule has 1 N–H and O–H groups in total. The van der Waals surface area contributed by atoms with Crippen LogP contribution in [0.25, 0.3) is 6.08 Å². The minimum absolute atomic E-state index is 0.210. The average Bonchev–Trinajstić information content (AvgIpc) is 3.00. The molecule has 29 heavy (non-hydrogen) atoms. The van der Waals surface area contributed by atoms with Crippen molar-refractivity contribution in [2.45, 2.75) is 33.8 Å². The second-order valence-corrected chi connectivity index (χ2v) is 6.36. The molecule has 0 aliphatic heterocycles. The molecule has 150 valence electrons. The van der Waals surface area contributed by atoms with Crippen molar-refractivity contribution in [2.75, 3.05) is 6.61 Å². The van der Waals surface area contributed by atoms with Crippen LogP contribution in [0.2, 0.25) is 0 Å².